The van der Waals surface area contributed by atoms with Gasteiger partial charge in [0.05, 0.1) is 24.0 Å². The summed E-state index contributed by atoms with van der Waals surface area (Å²) in [6.07, 6.45) is 3.46. The molecule has 2 fully saturated rings. The predicted molar refractivity (Wildman–Crippen MR) is 81.0 cm³/mol. The summed E-state index contributed by atoms with van der Waals surface area (Å²) >= 11 is 0. The number of halogens is 1. The third-order valence-electron chi connectivity index (χ3n) is 4.50. The topological polar surface area (TPSA) is 75.4 Å². The first-order chi connectivity index (χ1) is 10.8. The second kappa shape index (κ2) is 5.62. The number of carbonyl (C=O) groups is 2. The minimum atomic E-state index is -2.33. The Labute approximate surface area is 134 Å². The molecule has 1 aliphatic carbocycles. The number of carboxylic acid groups (broad SMARTS) is 1. The van der Waals surface area contributed by atoms with Crippen molar-refractivity contribution in [2.45, 2.75) is 51.2 Å². The minimum absolute atomic E-state index is 0.126. The van der Waals surface area contributed by atoms with E-state index in [-0.39, 0.29) is 25.4 Å². The molecule has 1 aromatic heterocycles. The molecule has 2 aliphatic rings. The molecule has 3 rings (SSSR count). The highest BCUT2D eigenvalue weighted by molar-refractivity contribution is 5.96. The fourth-order valence-corrected chi connectivity index (χ4v) is 3.13. The van der Waals surface area contributed by atoms with Crippen LogP contribution < -0.4 is 0 Å². The maximum absolute atomic E-state index is 14.2. The van der Waals surface area contributed by atoms with Gasteiger partial charge in [0.25, 0.3) is 5.91 Å². The van der Waals surface area contributed by atoms with Gasteiger partial charge >= 0.3 is 5.97 Å². The molecule has 1 aliphatic heterocycles. The number of nitrogens with zero attached hydrogens (tertiary/aromatic N) is 3. The van der Waals surface area contributed by atoms with Crippen LogP contribution in [-0.4, -0.2) is 50.4 Å². The van der Waals surface area contributed by atoms with Crippen LogP contribution in [0.25, 0.3) is 0 Å². The van der Waals surface area contributed by atoms with E-state index < -0.39 is 11.6 Å². The first-order valence-corrected chi connectivity index (χ1v) is 8.09. The molecular formula is C16H22FN3O3. The SMILES string of the molecule is CC(C)Cn1ncc(C(=O)N2CCC(F)(C(=O)O)C2)c1C1CC1. The highest BCUT2D eigenvalue weighted by Gasteiger charge is 2.47. The monoisotopic (exact) mass is 323 g/mol. The summed E-state index contributed by atoms with van der Waals surface area (Å²) in [7, 11) is 0. The number of amides is 1. The van der Waals surface area contributed by atoms with Gasteiger partial charge in [0.15, 0.2) is 0 Å². The molecule has 1 amide bonds. The summed E-state index contributed by atoms with van der Waals surface area (Å²) in [6, 6.07) is 0. The molecular weight excluding hydrogens is 301 g/mol. The minimum Gasteiger partial charge on any atom is -0.479 e. The van der Waals surface area contributed by atoms with Crippen LogP contribution in [0.1, 0.15) is 55.1 Å². The van der Waals surface area contributed by atoms with E-state index in [0.717, 1.165) is 25.1 Å². The van der Waals surface area contributed by atoms with Crippen LogP contribution in [0.15, 0.2) is 6.20 Å². The van der Waals surface area contributed by atoms with Crippen LogP contribution in [0.3, 0.4) is 0 Å². The smallest absolute Gasteiger partial charge is 0.343 e. The second-order valence-electron chi connectivity index (χ2n) is 7.04. The van der Waals surface area contributed by atoms with E-state index >= 15 is 0 Å². The van der Waals surface area contributed by atoms with Crippen molar-refractivity contribution in [2.24, 2.45) is 5.92 Å². The quantitative estimate of drug-likeness (QED) is 0.900. The largest absolute Gasteiger partial charge is 0.479 e. The fourth-order valence-electron chi connectivity index (χ4n) is 3.13. The molecule has 1 saturated heterocycles. The number of alkyl halides is 1. The Morgan fingerprint density at radius 1 is 1.48 bits per heavy atom. The number of aromatic nitrogens is 2. The number of carboxylic acids is 1. The van der Waals surface area contributed by atoms with Gasteiger partial charge in [0.2, 0.25) is 5.67 Å². The summed E-state index contributed by atoms with van der Waals surface area (Å²) in [4.78, 5) is 25.0. The summed E-state index contributed by atoms with van der Waals surface area (Å²) in [5.41, 5.74) is -0.901. The van der Waals surface area contributed by atoms with Crippen LogP contribution >= 0.6 is 0 Å². The molecule has 7 heteroatoms. The lowest BCUT2D eigenvalue weighted by molar-refractivity contribution is -0.149. The Kier molecular flexibility index (Phi) is 3.90. The van der Waals surface area contributed by atoms with E-state index in [0.29, 0.717) is 17.4 Å². The zero-order valence-corrected chi connectivity index (χ0v) is 13.5. The number of hydrogen-bond acceptors (Lipinski definition) is 3. The maximum Gasteiger partial charge on any atom is 0.343 e. The van der Waals surface area contributed by atoms with Gasteiger partial charge in [0, 0.05) is 25.4 Å². The molecule has 1 unspecified atom stereocenters. The van der Waals surface area contributed by atoms with Crippen LogP contribution in [0, 0.1) is 5.92 Å². The van der Waals surface area contributed by atoms with Gasteiger partial charge in [-0.05, 0) is 18.8 Å². The summed E-state index contributed by atoms with van der Waals surface area (Å²) in [6.45, 7) is 4.65. The van der Waals surface area contributed by atoms with Crippen molar-refractivity contribution in [3.05, 3.63) is 17.5 Å². The van der Waals surface area contributed by atoms with Gasteiger partial charge in [-0.2, -0.15) is 5.10 Å². The molecule has 0 radical (unpaired) electrons. The van der Waals surface area contributed by atoms with E-state index in [4.69, 9.17) is 5.11 Å². The molecule has 0 aromatic carbocycles. The van der Waals surface area contributed by atoms with E-state index in [9.17, 15) is 14.0 Å². The molecule has 0 spiro atoms. The van der Waals surface area contributed by atoms with Gasteiger partial charge in [-0.1, -0.05) is 13.8 Å². The van der Waals surface area contributed by atoms with Crippen LogP contribution in [0.4, 0.5) is 4.39 Å². The Balaban J connectivity index is 1.83. The highest BCUT2D eigenvalue weighted by Crippen LogP contribution is 2.42. The second-order valence-corrected chi connectivity index (χ2v) is 7.04. The van der Waals surface area contributed by atoms with Crippen molar-refractivity contribution in [3.8, 4) is 0 Å². The number of likely N-dealkylation sites (tertiary alicyclic amines) is 1. The number of hydrogen-bond donors (Lipinski definition) is 1. The Morgan fingerprint density at radius 3 is 2.70 bits per heavy atom. The van der Waals surface area contributed by atoms with E-state index in [1.165, 1.54) is 4.90 Å². The van der Waals surface area contributed by atoms with Crippen molar-refractivity contribution in [1.29, 1.82) is 0 Å². The summed E-state index contributed by atoms with van der Waals surface area (Å²) in [5, 5.41) is 13.3. The van der Waals surface area contributed by atoms with Gasteiger partial charge in [-0.25, -0.2) is 9.18 Å². The van der Waals surface area contributed by atoms with Crippen LogP contribution in [0.5, 0.6) is 0 Å². The standard InChI is InChI=1S/C16H22FN3O3/c1-10(2)8-20-13(11-3-4-11)12(7-18-20)14(21)19-6-5-16(17,9-19)15(22)23/h7,10-11H,3-6,8-9H2,1-2H3,(H,22,23). The zero-order chi connectivity index (χ0) is 16.8. The molecule has 23 heavy (non-hydrogen) atoms. The maximum atomic E-state index is 14.2. The average molecular weight is 323 g/mol. The number of rotatable bonds is 5. The van der Waals surface area contributed by atoms with Crippen LogP contribution in [0.2, 0.25) is 0 Å². The van der Waals surface area contributed by atoms with Crippen molar-refractivity contribution in [2.75, 3.05) is 13.1 Å². The number of carbonyl (C=O) groups excluding carboxylic acids is 1. The first-order valence-electron chi connectivity index (χ1n) is 8.09. The fraction of sp³-hybridized carbons (Fsp3) is 0.688. The van der Waals surface area contributed by atoms with E-state index in [1.54, 1.807) is 6.20 Å². The molecule has 1 atom stereocenters. The van der Waals surface area contributed by atoms with Crippen molar-refractivity contribution < 1.29 is 19.1 Å². The molecule has 1 saturated carbocycles. The lowest BCUT2D eigenvalue weighted by atomic mass is 10.1. The third-order valence-corrected chi connectivity index (χ3v) is 4.50. The third kappa shape index (κ3) is 2.96. The van der Waals surface area contributed by atoms with Crippen molar-refractivity contribution >= 4 is 11.9 Å². The summed E-state index contributed by atoms with van der Waals surface area (Å²) < 4.78 is 16.1. The van der Waals surface area contributed by atoms with Gasteiger partial charge in [-0.15, -0.1) is 0 Å². The lowest BCUT2D eigenvalue weighted by Gasteiger charge is -2.18. The Morgan fingerprint density at radius 2 is 2.17 bits per heavy atom. The lowest BCUT2D eigenvalue weighted by Crippen LogP contribution is -2.39. The molecule has 0 bridgehead atoms. The molecule has 1 N–H and O–H groups in total. The molecule has 2 heterocycles. The molecule has 126 valence electrons. The van der Waals surface area contributed by atoms with Crippen molar-refractivity contribution in [1.82, 2.24) is 14.7 Å². The Hall–Kier alpha value is -1.92. The number of aliphatic carboxylic acids is 1. The van der Waals surface area contributed by atoms with Crippen molar-refractivity contribution in [3.63, 3.8) is 0 Å². The highest BCUT2D eigenvalue weighted by atomic mass is 19.1. The van der Waals surface area contributed by atoms with E-state index in [1.807, 2.05) is 4.68 Å². The van der Waals surface area contributed by atoms with Gasteiger partial charge in [-0.3, -0.25) is 9.48 Å². The van der Waals surface area contributed by atoms with Crippen LogP contribution in [-0.2, 0) is 11.3 Å². The molecule has 6 nitrogen and oxygen atoms in total. The van der Waals surface area contributed by atoms with Gasteiger partial charge < -0.3 is 10.0 Å². The predicted octanol–water partition coefficient (Wildman–Crippen LogP) is 2.06. The first kappa shape index (κ1) is 16.0. The summed E-state index contributed by atoms with van der Waals surface area (Å²) in [5.74, 6) is -1.05. The zero-order valence-electron chi connectivity index (χ0n) is 13.5. The normalized spacial score (nSPS) is 24.4. The average Bonchev–Trinajstić information content (AvgIpc) is 3.10. The molecule has 1 aromatic rings. The van der Waals surface area contributed by atoms with E-state index in [2.05, 4.69) is 18.9 Å². The van der Waals surface area contributed by atoms with Gasteiger partial charge in [0.1, 0.15) is 0 Å². The Bertz CT molecular complexity index is 639.